The van der Waals surface area contributed by atoms with E-state index in [4.69, 9.17) is 17.2 Å². The van der Waals surface area contributed by atoms with E-state index in [-0.39, 0.29) is 47.7 Å². The quantitative estimate of drug-likeness (QED) is 0.0197. The fourth-order valence-electron chi connectivity index (χ4n) is 6.52. The fourth-order valence-corrected chi connectivity index (χ4v) is 8.07. The minimum absolute atomic E-state index is 0.00264. The summed E-state index contributed by atoms with van der Waals surface area (Å²) >= 11 is 1.90. The molecule has 16 nitrogen and oxygen atoms in total. The summed E-state index contributed by atoms with van der Waals surface area (Å²) in [5.41, 5.74) is 16.2. The zero-order valence-corrected chi connectivity index (χ0v) is 33.3. The number of nitrogens with zero attached hydrogens (tertiary/aromatic N) is 1. The highest BCUT2D eigenvalue weighted by Gasteiger charge is 2.42. The van der Waals surface area contributed by atoms with Crippen molar-refractivity contribution in [3.8, 4) is 0 Å². The van der Waals surface area contributed by atoms with E-state index >= 15 is 0 Å². The van der Waals surface area contributed by atoms with Gasteiger partial charge in [0.1, 0.15) is 6.04 Å². The van der Waals surface area contributed by atoms with Crippen molar-refractivity contribution in [2.75, 3.05) is 51.6 Å². The molecule has 2 aliphatic heterocycles. The molecule has 310 valence electrons. The number of thioether (sulfide) groups is 1. The van der Waals surface area contributed by atoms with E-state index in [0.29, 0.717) is 76.5 Å². The molecule has 54 heavy (non-hydrogen) atoms. The molecule has 17 heteroatoms. The second kappa shape index (κ2) is 30.0. The second-order valence-corrected chi connectivity index (χ2v) is 15.6. The minimum Gasteiger partial charge on any atom is -0.370 e. The zero-order valence-electron chi connectivity index (χ0n) is 32.5. The molecule has 0 bridgehead atoms. The lowest BCUT2D eigenvalue weighted by molar-refractivity contribution is -0.129. The van der Waals surface area contributed by atoms with Crippen molar-refractivity contribution in [1.82, 2.24) is 37.2 Å². The van der Waals surface area contributed by atoms with Crippen molar-refractivity contribution in [1.29, 1.82) is 0 Å². The molecule has 2 saturated heterocycles. The molecule has 0 saturated carbocycles. The molecule has 2 rings (SSSR count). The summed E-state index contributed by atoms with van der Waals surface area (Å²) in [6, 6.07) is -0.244. The van der Waals surface area contributed by atoms with Crippen LogP contribution in [0, 0.1) is 0 Å². The van der Waals surface area contributed by atoms with Crippen molar-refractivity contribution in [2.45, 2.75) is 145 Å². The fraction of sp³-hybridized carbons (Fsp3) is 0.838. The van der Waals surface area contributed by atoms with Crippen molar-refractivity contribution < 1.29 is 24.0 Å². The van der Waals surface area contributed by atoms with Gasteiger partial charge in [-0.25, -0.2) is 4.79 Å². The maximum atomic E-state index is 13.0. The van der Waals surface area contributed by atoms with Crippen LogP contribution in [0.15, 0.2) is 4.99 Å². The van der Waals surface area contributed by atoms with Gasteiger partial charge >= 0.3 is 6.03 Å². The lowest BCUT2D eigenvalue weighted by atomic mass is 10.0. The van der Waals surface area contributed by atoms with E-state index < -0.39 is 6.04 Å². The number of guanidine groups is 1. The Morgan fingerprint density at radius 2 is 1.30 bits per heavy atom. The number of hydrogen-bond donors (Lipinski definition) is 10. The van der Waals surface area contributed by atoms with Crippen molar-refractivity contribution >= 4 is 47.4 Å². The molecule has 3 unspecified atom stereocenters. The minimum atomic E-state index is -0.614. The van der Waals surface area contributed by atoms with E-state index in [2.05, 4.69) is 42.2 Å². The zero-order chi connectivity index (χ0) is 39.2. The third kappa shape index (κ3) is 22.8. The third-order valence-corrected chi connectivity index (χ3v) is 11.1. The Labute approximate surface area is 327 Å². The molecule has 0 radical (unpaired) electrons. The van der Waals surface area contributed by atoms with Gasteiger partial charge in [-0.3, -0.25) is 24.2 Å². The Morgan fingerprint density at radius 1 is 0.704 bits per heavy atom. The number of rotatable bonds is 33. The lowest BCUT2D eigenvalue weighted by Crippen LogP contribution is -2.47. The molecule has 0 aliphatic carbocycles. The van der Waals surface area contributed by atoms with Crippen LogP contribution in [0.2, 0.25) is 0 Å². The molecule has 2 heterocycles. The Kier molecular flexibility index (Phi) is 26.0. The summed E-state index contributed by atoms with van der Waals surface area (Å²) in [6.07, 6.45) is 14.5. The molecule has 13 N–H and O–H groups in total. The van der Waals surface area contributed by atoms with E-state index in [1.54, 1.807) is 0 Å². The predicted octanol–water partition coefficient (Wildman–Crippen LogP) is 1.22. The van der Waals surface area contributed by atoms with Gasteiger partial charge < -0.3 is 54.4 Å². The van der Waals surface area contributed by atoms with E-state index in [9.17, 15) is 24.0 Å². The van der Waals surface area contributed by atoms with Crippen LogP contribution >= 0.6 is 11.8 Å². The van der Waals surface area contributed by atoms with Crippen molar-refractivity contribution in [3.63, 3.8) is 0 Å². The molecule has 0 spiro atoms. The number of aliphatic imine (C=N–C) groups is 1. The van der Waals surface area contributed by atoms with Gasteiger partial charge in [0.2, 0.25) is 23.6 Å². The van der Waals surface area contributed by atoms with E-state index in [1.807, 2.05) is 11.8 Å². The second-order valence-electron chi connectivity index (χ2n) is 14.4. The van der Waals surface area contributed by atoms with Gasteiger partial charge in [-0.1, -0.05) is 25.7 Å². The summed E-state index contributed by atoms with van der Waals surface area (Å²) in [4.78, 5) is 65.8. The number of nitrogens with two attached hydrogens (primary N) is 3. The molecular weight excluding hydrogens is 711 g/mol. The number of unbranched alkanes of at least 4 members (excludes halogenated alkanes) is 8. The number of carbonyl (C=O) groups excluding carboxylic acids is 5. The monoisotopic (exact) mass is 782 g/mol. The van der Waals surface area contributed by atoms with Gasteiger partial charge in [-0.2, -0.15) is 11.8 Å². The van der Waals surface area contributed by atoms with Gasteiger partial charge in [-0.05, 0) is 96.7 Å². The Balaban J connectivity index is 1.53. The van der Waals surface area contributed by atoms with Crippen LogP contribution in [0.25, 0.3) is 0 Å². The van der Waals surface area contributed by atoms with Gasteiger partial charge in [-0.15, -0.1) is 0 Å². The van der Waals surface area contributed by atoms with Crippen LogP contribution in [-0.4, -0.2) is 111 Å². The summed E-state index contributed by atoms with van der Waals surface area (Å²) in [6.45, 7) is 4.67. The largest absolute Gasteiger partial charge is 0.370 e. The number of fused-ring (bicyclic) bond motifs is 1. The predicted molar refractivity (Wildman–Crippen MR) is 217 cm³/mol. The molecule has 6 amide bonds. The van der Waals surface area contributed by atoms with Gasteiger partial charge in [0, 0.05) is 56.4 Å². The maximum absolute atomic E-state index is 13.0. The van der Waals surface area contributed by atoms with Crippen molar-refractivity contribution in [2.24, 2.45) is 22.2 Å². The Bertz CT molecular complexity index is 1130. The standard InChI is InChI=1S/C37H71N11O5S/c38-20-14-22-41-21-12-13-25-44-35(52)28(46-33(51)19-4-1-2-9-26-45-36(39)40)15-8-11-24-43-31(49)17-5-3-10-23-42-32(50)18-7-6-16-30-34-29(27-54-30)47-37(53)48-34/h28-30,34,41H,1-27,38H2,(H,42,50)(H,43,49)(H,44,52)(H,46,51)(H4,39,40,45)(H2,47,48,53)/t28-,29?,30?,34?/m0/s1. The van der Waals surface area contributed by atoms with Crippen molar-refractivity contribution in [3.05, 3.63) is 0 Å². The Morgan fingerprint density at radius 3 is 2.02 bits per heavy atom. The molecule has 0 aromatic heterocycles. The average molecular weight is 782 g/mol. The molecule has 0 aromatic carbocycles. The van der Waals surface area contributed by atoms with Crippen LogP contribution in [0.4, 0.5) is 4.79 Å². The lowest BCUT2D eigenvalue weighted by Gasteiger charge is -2.19. The van der Waals surface area contributed by atoms with Gasteiger partial charge in [0.15, 0.2) is 5.96 Å². The number of nitrogens with one attached hydrogen (secondary N) is 7. The average Bonchev–Trinajstić information content (AvgIpc) is 3.70. The van der Waals surface area contributed by atoms with Crippen LogP contribution in [0.5, 0.6) is 0 Å². The SMILES string of the molecule is NCCCNCCCCNC(=O)[C@H](CCCCNC(=O)CCCCCNC(=O)CCCCC1SCC2NC(=O)NC21)NC(=O)CCCCCCN=C(N)N. The highest BCUT2D eigenvalue weighted by molar-refractivity contribution is 8.00. The van der Waals surface area contributed by atoms with Gasteiger partial charge in [0.05, 0.1) is 12.1 Å². The molecule has 2 aliphatic rings. The third-order valence-electron chi connectivity index (χ3n) is 9.62. The highest BCUT2D eigenvalue weighted by atomic mass is 32.2. The highest BCUT2D eigenvalue weighted by Crippen LogP contribution is 2.33. The first-order valence-electron chi connectivity index (χ1n) is 20.4. The van der Waals surface area contributed by atoms with Crippen LogP contribution in [0.3, 0.4) is 0 Å². The summed E-state index contributed by atoms with van der Waals surface area (Å²) in [7, 11) is 0. The number of hydrogen-bond acceptors (Lipinski definition) is 9. The molecular formula is C37H71N11O5S. The molecule has 0 aromatic rings. The normalized spacial score (nSPS) is 17.9. The summed E-state index contributed by atoms with van der Waals surface area (Å²) in [5.74, 6) is 0.786. The number of amides is 6. The smallest absolute Gasteiger partial charge is 0.315 e. The van der Waals surface area contributed by atoms with Crippen LogP contribution < -0.4 is 54.4 Å². The first kappa shape index (κ1) is 46.8. The first-order valence-corrected chi connectivity index (χ1v) is 21.5. The van der Waals surface area contributed by atoms with Crippen LogP contribution in [-0.2, 0) is 19.2 Å². The molecule has 2 fully saturated rings. The van der Waals surface area contributed by atoms with Gasteiger partial charge in [0.25, 0.3) is 0 Å². The number of carbonyl (C=O) groups is 5. The summed E-state index contributed by atoms with van der Waals surface area (Å²) in [5, 5.41) is 21.6. The molecule has 4 atom stereocenters. The Hall–Kier alpha value is -3.31. The van der Waals surface area contributed by atoms with Crippen LogP contribution in [0.1, 0.15) is 122 Å². The topological polar surface area (TPSA) is 260 Å². The number of urea groups is 1. The summed E-state index contributed by atoms with van der Waals surface area (Å²) < 4.78 is 0. The maximum Gasteiger partial charge on any atom is 0.315 e. The first-order chi connectivity index (χ1) is 26.2. The van der Waals surface area contributed by atoms with E-state index in [0.717, 1.165) is 102 Å². The van der Waals surface area contributed by atoms with E-state index in [1.165, 1.54) is 0 Å².